The largest absolute Gasteiger partial charge is 0.336 e. The molecule has 0 aliphatic rings. The van der Waals surface area contributed by atoms with Crippen molar-refractivity contribution >= 4 is 40.6 Å². The first-order valence-electron chi connectivity index (χ1n) is 9.99. The smallest absolute Gasteiger partial charge is 0.159 e. The van der Waals surface area contributed by atoms with E-state index in [2.05, 4.69) is 41.9 Å². The normalized spacial score (nSPS) is 12.3. The molecule has 2 aromatic carbocycles. The SMILES string of the molecule is C=N/C=N\C=C(/C)c1ccc2[nH]nc(-c3nc4c(-c5cccc(F)c5)nccc4[nH]3)c2c1F. The number of hydrogen-bond donors (Lipinski definition) is 2. The molecule has 0 spiro atoms. The third-order valence-electron chi connectivity index (χ3n) is 5.23. The summed E-state index contributed by atoms with van der Waals surface area (Å²) in [6.07, 6.45) is 4.40. The molecule has 0 saturated carbocycles. The number of nitrogens with one attached hydrogen (secondary N) is 2. The summed E-state index contributed by atoms with van der Waals surface area (Å²) in [6.45, 7) is 5.08. The molecule has 7 nitrogen and oxygen atoms in total. The minimum Gasteiger partial charge on any atom is -0.336 e. The first-order valence-corrected chi connectivity index (χ1v) is 9.99. The summed E-state index contributed by atoms with van der Waals surface area (Å²) < 4.78 is 29.3. The molecule has 0 aliphatic carbocycles. The van der Waals surface area contributed by atoms with Gasteiger partial charge in [-0.25, -0.2) is 18.8 Å². The maximum atomic E-state index is 15.6. The highest BCUT2D eigenvalue weighted by molar-refractivity contribution is 5.97. The van der Waals surface area contributed by atoms with Gasteiger partial charge in [-0.2, -0.15) is 5.10 Å². The second-order valence-electron chi connectivity index (χ2n) is 7.33. The van der Waals surface area contributed by atoms with Crippen LogP contribution in [0.25, 0.3) is 50.3 Å². The quantitative estimate of drug-likeness (QED) is 0.277. The van der Waals surface area contributed by atoms with E-state index in [9.17, 15) is 4.39 Å². The number of aliphatic imine (C=N–C) groups is 2. The van der Waals surface area contributed by atoms with E-state index >= 15 is 4.39 Å². The van der Waals surface area contributed by atoms with Gasteiger partial charge in [-0.15, -0.1) is 0 Å². The van der Waals surface area contributed by atoms with Crippen LogP contribution in [0.15, 0.2) is 64.8 Å². The van der Waals surface area contributed by atoms with Gasteiger partial charge >= 0.3 is 0 Å². The molecule has 0 aliphatic heterocycles. The molecule has 0 radical (unpaired) electrons. The third-order valence-corrected chi connectivity index (χ3v) is 5.23. The molecule has 0 unspecified atom stereocenters. The van der Waals surface area contributed by atoms with E-state index in [1.807, 2.05) is 0 Å². The zero-order valence-electron chi connectivity index (χ0n) is 17.5. The Kier molecular flexibility index (Phi) is 5.06. The lowest BCUT2D eigenvalue weighted by atomic mass is 10.0. The molecule has 5 rings (SSSR count). The molecule has 2 N–H and O–H groups in total. The highest BCUT2D eigenvalue weighted by atomic mass is 19.1. The van der Waals surface area contributed by atoms with Crippen LogP contribution in [0.1, 0.15) is 12.5 Å². The first-order chi connectivity index (χ1) is 16.1. The Balaban J connectivity index is 1.67. The van der Waals surface area contributed by atoms with Crippen LogP contribution in [0.2, 0.25) is 0 Å². The molecule has 162 valence electrons. The van der Waals surface area contributed by atoms with Gasteiger partial charge in [0.25, 0.3) is 0 Å². The van der Waals surface area contributed by atoms with E-state index in [0.29, 0.717) is 55.8 Å². The zero-order chi connectivity index (χ0) is 22.9. The summed E-state index contributed by atoms with van der Waals surface area (Å²) in [6, 6.07) is 11.3. The minimum atomic E-state index is -0.448. The fraction of sp³-hybridized carbons (Fsp3) is 0.0417. The number of halogens is 2. The predicted molar refractivity (Wildman–Crippen MR) is 126 cm³/mol. The van der Waals surface area contributed by atoms with Gasteiger partial charge in [0.1, 0.15) is 29.2 Å². The molecule has 0 atom stereocenters. The fourth-order valence-corrected chi connectivity index (χ4v) is 3.71. The Morgan fingerprint density at radius 2 is 1.97 bits per heavy atom. The Morgan fingerprint density at radius 1 is 1.09 bits per heavy atom. The van der Waals surface area contributed by atoms with Gasteiger partial charge in [0.05, 0.1) is 22.1 Å². The highest BCUT2D eigenvalue weighted by Gasteiger charge is 2.20. The molecule has 9 heteroatoms. The van der Waals surface area contributed by atoms with Crippen LogP contribution in [-0.4, -0.2) is 38.2 Å². The van der Waals surface area contributed by atoms with Gasteiger partial charge in [-0.3, -0.25) is 15.1 Å². The number of fused-ring (bicyclic) bond motifs is 2. The molecule has 3 heterocycles. The van der Waals surface area contributed by atoms with Crippen LogP contribution in [0.4, 0.5) is 8.78 Å². The van der Waals surface area contributed by atoms with E-state index < -0.39 is 5.82 Å². The van der Waals surface area contributed by atoms with Gasteiger partial charge < -0.3 is 4.98 Å². The summed E-state index contributed by atoms with van der Waals surface area (Å²) in [5.41, 5.74) is 4.17. The highest BCUT2D eigenvalue weighted by Crippen LogP contribution is 2.33. The average molecular weight is 441 g/mol. The number of imidazole rings is 1. The maximum absolute atomic E-state index is 15.6. The monoisotopic (exact) mass is 441 g/mol. The number of aromatic amines is 2. The number of nitrogens with zero attached hydrogens (tertiary/aromatic N) is 5. The van der Waals surface area contributed by atoms with Gasteiger partial charge in [-0.05, 0) is 49.5 Å². The Hall–Kier alpha value is -4.53. The standard InChI is InChI=1S/C24H17F2N7/c1-13(11-28-12-27-2)16-6-7-17-19(20(16)26)23(33-32-17)24-30-18-8-9-29-21(22(18)31-24)14-4-3-5-15(25)10-14/h3-12H,2H2,1H3,(H,30,31)(H,32,33)/b13-11+,28-12-. The van der Waals surface area contributed by atoms with Crippen LogP contribution < -0.4 is 0 Å². The number of benzene rings is 2. The van der Waals surface area contributed by atoms with Crippen LogP contribution in [-0.2, 0) is 0 Å². The Morgan fingerprint density at radius 3 is 2.79 bits per heavy atom. The lowest BCUT2D eigenvalue weighted by Gasteiger charge is -2.04. The van der Waals surface area contributed by atoms with E-state index in [4.69, 9.17) is 0 Å². The third kappa shape index (κ3) is 3.59. The number of allylic oxidation sites excluding steroid dienone is 1. The summed E-state index contributed by atoms with van der Waals surface area (Å²) in [5, 5.41) is 7.46. The molecule has 3 aromatic heterocycles. The summed E-state index contributed by atoms with van der Waals surface area (Å²) >= 11 is 0. The Bertz CT molecular complexity index is 1580. The lowest BCUT2D eigenvalue weighted by molar-refractivity contribution is 0.628. The number of hydrogen-bond acceptors (Lipinski definition) is 4. The Labute approximate surface area is 186 Å². The first kappa shape index (κ1) is 20.4. The number of H-pyrrole nitrogens is 2. The van der Waals surface area contributed by atoms with Crippen molar-refractivity contribution in [3.05, 3.63) is 72.1 Å². The lowest BCUT2D eigenvalue weighted by Crippen LogP contribution is -1.90. The van der Waals surface area contributed by atoms with Gasteiger partial charge in [0, 0.05) is 23.5 Å². The zero-order valence-corrected chi connectivity index (χ0v) is 17.5. The second kappa shape index (κ2) is 8.19. The van der Waals surface area contributed by atoms with Crippen molar-refractivity contribution in [1.29, 1.82) is 0 Å². The molecular formula is C24H17F2N7. The molecule has 33 heavy (non-hydrogen) atoms. The van der Waals surface area contributed by atoms with Crippen molar-refractivity contribution in [3.63, 3.8) is 0 Å². The van der Waals surface area contributed by atoms with E-state index in [1.165, 1.54) is 24.7 Å². The molecule has 0 bridgehead atoms. The van der Waals surface area contributed by atoms with Crippen molar-refractivity contribution in [2.75, 3.05) is 0 Å². The second-order valence-corrected chi connectivity index (χ2v) is 7.33. The number of aromatic nitrogens is 5. The molecule has 0 fully saturated rings. The van der Waals surface area contributed by atoms with E-state index in [-0.39, 0.29) is 5.82 Å². The van der Waals surface area contributed by atoms with Gasteiger partial charge in [-0.1, -0.05) is 12.1 Å². The average Bonchev–Trinajstić information content (AvgIpc) is 3.43. The molecule has 0 saturated heterocycles. The topological polar surface area (TPSA) is 95.0 Å². The summed E-state index contributed by atoms with van der Waals surface area (Å²) in [7, 11) is 0. The van der Waals surface area contributed by atoms with Crippen molar-refractivity contribution in [2.24, 2.45) is 9.98 Å². The van der Waals surface area contributed by atoms with Crippen molar-refractivity contribution in [2.45, 2.75) is 6.92 Å². The predicted octanol–water partition coefficient (Wildman–Crippen LogP) is 5.54. The minimum absolute atomic E-state index is 0.297. The number of pyridine rings is 1. The fourth-order valence-electron chi connectivity index (χ4n) is 3.71. The molecule has 0 amide bonds. The van der Waals surface area contributed by atoms with E-state index in [1.54, 1.807) is 43.5 Å². The van der Waals surface area contributed by atoms with Crippen LogP contribution in [0.5, 0.6) is 0 Å². The van der Waals surface area contributed by atoms with Crippen LogP contribution in [0.3, 0.4) is 0 Å². The van der Waals surface area contributed by atoms with Crippen molar-refractivity contribution in [1.82, 2.24) is 25.1 Å². The van der Waals surface area contributed by atoms with Crippen molar-refractivity contribution < 1.29 is 8.78 Å². The van der Waals surface area contributed by atoms with Gasteiger partial charge in [0.15, 0.2) is 5.82 Å². The summed E-state index contributed by atoms with van der Waals surface area (Å²) in [4.78, 5) is 19.7. The van der Waals surface area contributed by atoms with Crippen molar-refractivity contribution in [3.8, 4) is 22.8 Å². The van der Waals surface area contributed by atoms with Gasteiger partial charge in [0.2, 0.25) is 0 Å². The molecule has 5 aromatic rings. The number of rotatable bonds is 5. The van der Waals surface area contributed by atoms with E-state index in [0.717, 1.165) is 0 Å². The summed E-state index contributed by atoms with van der Waals surface area (Å²) in [5.74, 6) is -0.448. The maximum Gasteiger partial charge on any atom is 0.159 e. The van der Waals surface area contributed by atoms with Crippen LogP contribution in [0, 0.1) is 11.6 Å². The molecular weight excluding hydrogens is 424 g/mol. The van der Waals surface area contributed by atoms with Crippen LogP contribution >= 0.6 is 0 Å².